The largest absolute Gasteiger partial charge is 0.393 e. The molecule has 1 aromatic carbocycles. The summed E-state index contributed by atoms with van der Waals surface area (Å²) in [5.41, 5.74) is 2.41. The maximum absolute atomic E-state index is 9.93. The highest BCUT2D eigenvalue weighted by Crippen LogP contribution is 2.15. The lowest BCUT2D eigenvalue weighted by Gasteiger charge is -2.15. The van der Waals surface area contributed by atoms with Gasteiger partial charge in [-0.2, -0.15) is 0 Å². The quantitative estimate of drug-likeness (QED) is 0.842. The van der Waals surface area contributed by atoms with E-state index in [2.05, 4.69) is 19.1 Å². The van der Waals surface area contributed by atoms with Crippen LogP contribution in [0.3, 0.4) is 0 Å². The van der Waals surface area contributed by atoms with E-state index in [0.717, 1.165) is 0 Å². The maximum atomic E-state index is 9.93. The first-order valence-electron chi connectivity index (χ1n) is 5.71. The van der Waals surface area contributed by atoms with E-state index in [1.54, 1.807) is 0 Å². The summed E-state index contributed by atoms with van der Waals surface area (Å²) in [4.78, 5) is 0. The van der Waals surface area contributed by atoms with E-state index in [4.69, 9.17) is 9.47 Å². The molecular weight excluding hydrogens is 204 g/mol. The maximum Gasteiger partial charge on any atom is 0.160 e. The van der Waals surface area contributed by atoms with Crippen molar-refractivity contribution in [2.45, 2.75) is 32.2 Å². The van der Waals surface area contributed by atoms with Gasteiger partial charge < -0.3 is 14.6 Å². The normalized spacial score (nSPS) is 18.9. The Hall–Kier alpha value is -0.900. The molecule has 1 unspecified atom stereocenters. The Morgan fingerprint density at radius 3 is 2.69 bits per heavy atom. The van der Waals surface area contributed by atoms with E-state index >= 15 is 0 Å². The molecule has 1 atom stereocenters. The Morgan fingerprint density at radius 2 is 2.00 bits per heavy atom. The molecule has 1 aliphatic heterocycles. The molecule has 0 aromatic heterocycles. The van der Waals surface area contributed by atoms with Crippen LogP contribution < -0.4 is 0 Å². The molecule has 0 saturated carbocycles. The van der Waals surface area contributed by atoms with Crippen LogP contribution in [0.2, 0.25) is 0 Å². The highest BCUT2D eigenvalue weighted by molar-refractivity contribution is 5.26. The molecule has 0 radical (unpaired) electrons. The van der Waals surface area contributed by atoms with Crippen molar-refractivity contribution in [3.8, 4) is 0 Å². The zero-order valence-electron chi connectivity index (χ0n) is 9.56. The lowest BCUT2D eigenvalue weighted by Crippen LogP contribution is -2.20. The summed E-state index contributed by atoms with van der Waals surface area (Å²) in [6.07, 6.45) is 0.591. The Labute approximate surface area is 96.0 Å². The van der Waals surface area contributed by atoms with Gasteiger partial charge in [-0.05, 0) is 24.5 Å². The van der Waals surface area contributed by atoms with Gasteiger partial charge in [0.15, 0.2) is 6.29 Å². The van der Waals surface area contributed by atoms with Crippen LogP contribution in [0.25, 0.3) is 0 Å². The molecule has 3 heteroatoms. The fourth-order valence-corrected chi connectivity index (χ4v) is 1.94. The smallest absolute Gasteiger partial charge is 0.160 e. The molecule has 2 rings (SSSR count). The molecule has 1 aliphatic rings. The van der Waals surface area contributed by atoms with Crippen LogP contribution >= 0.6 is 0 Å². The van der Waals surface area contributed by atoms with E-state index in [9.17, 15) is 5.11 Å². The number of aliphatic hydroxyl groups is 1. The third kappa shape index (κ3) is 3.04. The third-order valence-electron chi connectivity index (χ3n) is 2.87. The van der Waals surface area contributed by atoms with E-state index < -0.39 is 6.10 Å². The van der Waals surface area contributed by atoms with Gasteiger partial charge in [-0.25, -0.2) is 0 Å². The van der Waals surface area contributed by atoms with Crippen molar-refractivity contribution < 1.29 is 14.6 Å². The second-order valence-corrected chi connectivity index (χ2v) is 4.19. The van der Waals surface area contributed by atoms with Crippen molar-refractivity contribution in [1.82, 2.24) is 0 Å². The number of ether oxygens (including phenoxy) is 2. The van der Waals surface area contributed by atoms with E-state index in [-0.39, 0.29) is 6.29 Å². The van der Waals surface area contributed by atoms with Crippen LogP contribution in [-0.4, -0.2) is 30.7 Å². The summed E-state index contributed by atoms with van der Waals surface area (Å²) in [6.45, 7) is 3.34. The summed E-state index contributed by atoms with van der Waals surface area (Å²) >= 11 is 0. The minimum Gasteiger partial charge on any atom is -0.393 e. The van der Waals surface area contributed by atoms with Gasteiger partial charge in [0.1, 0.15) is 0 Å². The standard InChI is InChI=1S/C13H18O3/c1-10-4-2-3-5-11(10)8-12(14)9-13-15-6-7-16-13/h2-5,12-14H,6-9H2,1H3. The molecule has 0 amide bonds. The van der Waals surface area contributed by atoms with Crippen LogP contribution in [-0.2, 0) is 15.9 Å². The second-order valence-electron chi connectivity index (χ2n) is 4.19. The van der Waals surface area contributed by atoms with Crippen LogP contribution in [0, 0.1) is 6.92 Å². The first-order valence-corrected chi connectivity index (χ1v) is 5.71. The molecule has 1 heterocycles. The highest BCUT2D eigenvalue weighted by Gasteiger charge is 2.20. The van der Waals surface area contributed by atoms with Gasteiger partial charge in [-0.15, -0.1) is 0 Å². The molecule has 88 valence electrons. The lowest BCUT2D eigenvalue weighted by molar-refractivity contribution is -0.0698. The predicted molar refractivity (Wildman–Crippen MR) is 61.2 cm³/mol. The van der Waals surface area contributed by atoms with Crippen molar-refractivity contribution >= 4 is 0 Å². The topological polar surface area (TPSA) is 38.7 Å². The van der Waals surface area contributed by atoms with Crippen LogP contribution in [0.1, 0.15) is 17.5 Å². The van der Waals surface area contributed by atoms with Gasteiger partial charge in [-0.3, -0.25) is 0 Å². The fourth-order valence-electron chi connectivity index (χ4n) is 1.94. The van der Waals surface area contributed by atoms with Crippen molar-refractivity contribution in [2.24, 2.45) is 0 Å². The molecule has 16 heavy (non-hydrogen) atoms. The van der Waals surface area contributed by atoms with Gasteiger partial charge in [0.2, 0.25) is 0 Å². The molecular formula is C13H18O3. The van der Waals surface area contributed by atoms with Gasteiger partial charge >= 0.3 is 0 Å². The number of hydrogen-bond acceptors (Lipinski definition) is 3. The summed E-state index contributed by atoms with van der Waals surface area (Å²) < 4.78 is 10.6. The molecule has 0 bridgehead atoms. The molecule has 1 fully saturated rings. The number of rotatable bonds is 4. The molecule has 0 aliphatic carbocycles. The van der Waals surface area contributed by atoms with Crippen molar-refractivity contribution in [1.29, 1.82) is 0 Å². The second kappa shape index (κ2) is 5.43. The summed E-state index contributed by atoms with van der Waals surface area (Å²) in [5, 5.41) is 9.93. The zero-order chi connectivity index (χ0) is 11.4. The number of hydrogen-bond donors (Lipinski definition) is 1. The fraction of sp³-hybridized carbons (Fsp3) is 0.538. The first-order chi connectivity index (χ1) is 7.75. The Balaban J connectivity index is 1.86. The van der Waals surface area contributed by atoms with Crippen molar-refractivity contribution in [3.05, 3.63) is 35.4 Å². The zero-order valence-corrected chi connectivity index (χ0v) is 9.56. The summed E-state index contributed by atoms with van der Waals surface area (Å²) in [7, 11) is 0. The van der Waals surface area contributed by atoms with Crippen molar-refractivity contribution in [2.75, 3.05) is 13.2 Å². The summed E-state index contributed by atoms with van der Waals surface area (Å²) in [6, 6.07) is 8.12. The number of aliphatic hydroxyl groups excluding tert-OH is 1. The Kier molecular flexibility index (Phi) is 3.93. The summed E-state index contributed by atoms with van der Waals surface area (Å²) in [5.74, 6) is 0. The molecule has 1 aromatic rings. The molecule has 0 spiro atoms. The third-order valence-corrected chi connectivity index (χ3v) is 2.87. The van der Waals surface area contributed by atoms with Gasteiger partial charge in [0.05, 0.1) is 19.3 Å². The number of aryl methyl sites for hydroxylation is 1. The minimum atomic E-state index is -0.399. The molecule has 1 saturated heterocycles. The SMILES string of the molecule is Cc1ccccc1CC(O)CC1OCCO1. The Morgan fingerprint density at radius 1 is 1.31 bits per heavy atom. The van der Waals surface area contributed by atoms with E-state index in [1.807, 2.05) is 12.1 Å². The first kappa shape index (κ1) is 11.6. The van der Waals surface area contributed by atoms with Gasteiger partial charge in [0.25, 0.3) is 0 Å². The van der Waals surface area contributed by atoms with Crippen LogP contribution in [0.4, 0.5) is 0 Å². The minimum absolute atomic E-state index is 0.223. The molecule has 3 nitrogen and oxygen atoms in total. The van der Waals surface area contributed by atoms with Crippen LogP contribution in [0.5, 0.6) is 0 Å². The van der Waals surface area contributed by atoms with Gasteiger partial charge in [-0.1, -0.05) is 24.3 Å². The lowest BCUT2D eigenvalue weighted by atomic mass is 10.0. The van der Waals surface area contributed by atoms with Crippen molar-refractivity contribution in [3.63, 3.8) is 0 Å². The predicted octanol–water partition coefficient (Wildman–Crippen LogP) is 1.66. The van der Waals surface area contributed by atoms with Gasteiger partial charge in [0, 0.05) is 6.42 Å². The highest BCUT2D eigenvalue weighted by atomic mass is 16.7. The average Bonchev–Trinajstić information content (AvgIpc) is 2.74. The Bertz CT molecular complexity index is 332. The van der Waals surface area contributed by atoms with E-state index in [1.165, 1.54) is 11.1 Å². The number of benzene rings is 1. The monoisotopic (exact) mass is 222 g/mol. The molecule has 1 N–H and O–H groups in total. The average molecular weight is 222 g/mol. The van der Waals surface area contributed by atoms with E-state index in [0.29, 0.717) is 26.1 Å². The van der Waals surface area contributed by atoms with Crippen LogP contribution in [0.15, 0.2) is 24.3 Å².